The van der Waals surface area contributed by atoms with Crippen LogP contribution in [0.4, 0.5) is 0 Å². The molecule has 0 bridgehead atoms. The first-order valence-corrected chi connectivity index (χ1v) is 6.99. The minimum Gasteiger partial charge on any atom is -0.375 e. The number of rotatable bonds is 3. The van der Waals surface area contributed by atoms with Crippen molar-refractivity contribution in [3.63, 3.8) is 0 Å². The second-order valence-electron chi connectivity index (χ2n) is 3.81. The number of methoxy groups -OCH3 is 1. The van der Waals surface area contributed by atoms with Crippen LogP contribution in [0.1, 0.15) is 22.9 Å². The van der Waals surface area contributed by atoms with E-state index in [1.165, 1.54) is 4.88 Å². The van der Waals surface area contributed by atoms with Gasteiger partial charge in [0, 0.05) is 22.0 Å². The van der Waals surface area contributed by atoms with E-state index in [9.17, 15) is 0 Å². The summed E-state index contributed by atoms with van der Waals surface area (Å²) in [6.45, 7) is 4.11. The van der Waals surface area contributed by atoms with E-state index in [0.717, 1.165) is 20.7 Å². The maximum Gasteiger partial charge on any atom is 0.122 e. The van der Waals surface area contributed by atoms with Gasteiger partial charge in [-0.3, -0.25) is 0 Å². The van der Waals surface area contributed by atoms with Gasteiger partial charge in [0.05, 0.1) is 5.69 Å². The third-order valence-corrected chi connectivity index (χ3v) is 4.47. The molecule has 0 aliphatic carbocycles. The Morgan fingerprint density at radius 1 is 1.35 bits per heavy atom. The summed E-state index contributed by atoms with van der Waals surface area (Å²) in [5, 5.41) is 1.02. The molecule has 17 heavy (non-hydrogen) atoms. The molecule has 0 aliphatic rings. The van der Waals surface area contributed by atoms with Gasteiger partial charge >= 0.3 is 0 Å². The summed E-state index contributed by atoms with van der Waals surface area (Å²) in [5.74, 6) is 0. The molecule has 90 valence electrons. The van der Waals surface area contributed by atoms with Gasteiger partial charge in [-0.2, -0.15) is 0 Å². The fourth-order valence-electron chi connectivity index (χ4n) is 1.59. The number of halogens is 1. The highest BCUT2D eigenvalue weighted by atomic mass is 79.9. The van der Waals surface area contributed by atoms with Crippen molar-refractivity contribution in [1.82, 2.24) is 4.98 Å². The van der Waals surface area contributed by atoms with Crippen molar-refractivity contribution in [2.45, 2.75) is 20.0 Å². The Hall–Kier alpha value is -0.710. The Labute approximate surface area is 114 Å². The number of aromatic nitrogens is 1. The van der Waals surface area contributed by atoms with Crippen LogP contribution < -0.4 is 0 Å². The molecule has 0 saturated heterocycles. The number of ether oxygens (including phenoxy) is 1. The maximum absolute atomic E-state index is 5.31. The second kappa shape index (κ2) is 5.29. The third-order valence-electron chi connectivity index (χ3n) is 2.64. The number of thiazole rings is 1. The van der Waals surface area contributed by atoms with E-state index in [1.807, 2.05) is 25.1 Å². The molecule has 0 fully saturated rings. The summed E-state index contributed by atoms with van der Waals surface area (Å²) in [4.78, 5) is 5.89. The van der Waals surface area contributed by atoms with Gasteiger partial charge in [0.2, 0.25) is 0 Å². The second-order valence-corrected chi connectivity index (χ2v) is 5.90. The lowest BCUT2D eigenvalue weighted by Gasteiger charge is -2.04. The minimum atomic E-state index is 0.0509. The van der Waals surface area contributed by atoms with Crippen molar-refractivity contribution in [3.8, 4) is 11.3 Å². The number of benzene rings is 1. The summed E-state index contributed by atoms with van der Waals surface area (Å²) >= 11 is 5.26. The van der Waals surface area contributed by atoms with Gasteiger partial charge in [0.1, 0.15) is 11.1 Å². The van der Waals surface area contributed by atoms with Crippen molar-refractivity contribution in [3.05, 3.63) is 38.6 Å². The van der Waals surface area contributed by atoms with Crippen LogP contribution in [0, 0.1) is 6.92 Å². The van der Waals surface area contributed by atoms with Crippen molar-refractivity contribution in [2.75, 3.05) is 7.11 Å². The van der Waals surface area contributed by atoms with E-state index >= 15 is 0 Å². The Morgan fingerprint density at radius 2 is 2.06 bits per heavy atom. The van der Waals surface area contributed by atoms with E-state index in [4.69, 9.17) is 4.74 Å². The highest BCUT2D eigenvalue weighted by molar-refractivity contribution is 9.10. The van der Waals surface area contributed by atoms with Gasteiger partial charge in [-0.25, -0.2) is 4.98 Å². The lowest BCUT2D eigenvalue weighted by molar-refractivity contribution is 0.119. The molecule has 2 nitrogen and oxygen atoms in total. The topological polar surface area (TPSA) is 22.1 Å². The molecule has 2 aromatic rings. The van der Waals surface area contributed by atoms with Crippen LogP contribution in [0.5, 0.6) is 0 Å². The molecule has 1 atom stereocenters. The molecule has 0 radical (unpaired) electrons. The standard InChI is InChI=1S/C13H14BrNOS/c1-8(16-3)13-15-12(9(2)17-13)10-6-4-5-7-11(10)14/h4-8H,1-3H3. The van der Waals surface area contributed by atoms with Crippen molar-refractivity contribution in [2.24, 2.45) is 0 Å². The predicted octanol–water partition coefficient (Wildman–Crippen LogP) is 4.59. The molecule has 0 amide bonds. The van der Waals surface area contributed by atoms with Crippen LogP contribution in [0.25, 0.3) is 11.3 Å². The summed E-state index contributed by atoms with van der Waals surface area (Å²) in [5.41, 5.74) is 2.18. The Morgan fingerprint density at radius 3 is 2.71 bits per heavy atom. The molecule has 1 heterocycles. The van der Waals surface area contributed by atoms with Crippen molar-refractivity contribution < 1.29 is 4.74 Å². The van der Waals surface area contributed by atoms with Crippen molar-refractivity contribution >= 4 is 27.3 Å². The van der Waals surface area contributed by atoms with Crippen LogP contribution in [0.2, 0.25) is 0 Å². The smallest absolute Gasteiger partial charge is 0.122 e. The first-order chi connectivity index (χ1) is 8.13. The lowest BCUT2D eigenvalue weighted by atomic mass is 10.1. The first-order valence-electron chi connectivity index (χ1n) is 5.38. The molecule has 0 aliphatic heterocycles. The largest absolute Gasteiger partial charge is 0.375 e. The first kappa shape index (κ1) is 12.7. The van der Waals surface area contributed by atoms with Gasteiger partial charge in [-0.1, -0.05) is 34.1 Å². The molecule has 1 unspecified atom stereocenters. The zero-order chi connectivity index (χ0) is 12.4. The van der Waals surface area contributed by atoms with Crippen LogP contribution in [-0.2, 0) is 4.74 Å². The minimum absolute atomic E-state index is 0.0509. The Kier molecular flexibility index (Phi) is 3.97. The lowest BCUT2D eigenvalue weighted by Crippen LogP contribution is -1.94. The molecule has 0 N–H and O–H groups in total. The van der Waals surface area contributed by atoms with Crippen LogP contribution >= 0.6 is 27.3 Å². The Bertz CT molecular complexity index is 524. The summed E-state index contributed by atoms with van der Waals surface area (Å²) in [6.07, 6.45) is 0.0509. The zero-order valence-electron chi connectivity index (χ0n) is 10.0. The van der Waals surface area contributed by atoms with E-state index < -0.39 is 0 Å². The number of nitrogens with zero attached hydrogens (tertiary/aromatic N) is 1. The van der Waals surface area contributed by atoms with E-state index in [2.05, 4.69) is 33.9 Å². The van der Waals surface area contributed by atoms with Crippen LogP contribution in [0.15, 0.2) is 28.7 Å². The van der Waals surface area contributed by atoms with E-state index in [1.54, 1.807) is 18.4 Å². The highest BCUT2D eigenvalue weighted by Crippen LogP contribution is 2.34. The number of hydrogen-bond acceptors (Lipinski definition) is 3. The fourth-order valence-corrected chi connectivity index (χ4v) is 3.03. The number of hydrogen-bond donors (Lipinski definition) is 0. The average molecular weight is 312 g/mol. The molecular formula is C13H14BrNOS. The summed E-state index contributed by atoms with van der Waals surface area (Å²) in [7, 11) is 1.71. The molecule has 4 heteroatoms. The normalized spacial score (nSPS) is 12.7. The number of aryl methyl sites for hydroxylation is 1. The average Bonchev–Trinajstić information content (AvgIpc) is 2.71. The van der Waals surface area contributed by atoms with Gasteiger partial charge in [-0.15, -0.1) is 11.3 Å². The van der Waals surface area contributed by atoms with Gasteiger partial charge < -0.3 is 4.74 Å². The monoisotopic (exact) mass is 311 g/mol. The molecule has 0 saturated carbocycles. The predicted molar refractivity (Wildman–Crippen MR) is 75.4 cm³/mol. The van der Waals surface area contributed by atoms with Crippen LogP contribution in [-0.4, -0.2) is 12.1 Å². The quantitative estimate of drug-likeness (QED) is 0.827. The molecule has 0 spiro atoms. The fraction of sp³-hybridized carbons (Fsp3) is 0.308. The molecule has 2 rings (SSSR count). The zero-order valence-corrected chi connectivity index (χ0v) is 12.4. The van der Waals surface area contributed by atoms with E-state index in [-0.39, 0.29) is 6.10 Å². The van der Waals surface area contributed by atoms with E-state index in [0.29, 0.717) is 0 Å². The van der Waals surface area contributed by atoms with Crippen LogP contribution in [0.3, 0.4) is 0 Å². The highest BCUT2D eigenvalue weighted by Gasteiger charge is 2.15. The van der Waals surface area contributed by atoms with Gasteiger partial charge in [0.25, 0.3) is 0 Å². The summed E-state index contributed by atoms with van der Waals surface area (Å²) < 4.78 is 6.38. The summed E-state index contributed by atoms with van der Waals surface area (Å²) in [6, 6.07) is 8.15. The van der Waals surface area contributed by atoms with Gasteiger partial charge in [-0.05, 0) is 19.9 Å². The maximum atomic E-state index is 5.31. The molecular weight excluding hydrogens is 298 g/mol. The molecule has 1 aromatic carbocycles. The molecule has 1 aromatic heterocycles. The third kappa shape index (κ3) is 2.59. The van der Waals surface area contributed by atoms with Gasteiger partial charge in [0.15, 0.2) is 0 Å². The van der Waals surface area contributed by atoms with Crippen molar-refractivity contribution in [1.29, 1.82) is 0 Å². The Balaban J connectivity index is 2.47. The SMILES string of the molecule is COC(C)c1nc(-c2ccccc2Br)c(C)s1.